The highest BCUT2D eigenvalue weighted by Gasteiger charge is 2.19. The smallest absolute Gasteiger partial charge is 0.0794 e. The zero-order valence-electron chi connectivity index (χ0n) is 42.6. The Bertz CT molecular complexity index is 702. The molecule has 0 saturated carbocycles. The van der Waals surface area contributed by atoms with Crippen LogP contribution in [0.15, 0.2) is 0 Å². The molecular weight excluding hydrogens is 705 g/mol. The van der Waals surface area contributed by atoms with Gasteiger partial charge in [0.15, 0.2) is 0 Å². The quantitative estimate of drug-likeness (QED) is 0.0437. The van der Waals surface area contributed by atoms with Crippen LogP contribution in [0.1, 0.15) is 252 Å². The predicted octanol–water partition coefficient (Wildman–Crippen LogP) is 15.6. The lowest BCUT2D eigenvalue weighted by Gasteiger charge is -2.34. The van der Waals surface area contributed by atoms with Crippen LogP contribution in [0.25, 0.3) is 0 Å². The Labute approximate surface area is 370 Å². The van der Waals surface area contributed by atoms with Crippen LogP contribution in [0.4, 0.5) is 0 Å². The molecule has 0 rings (SSSR count). The van der Waals surface area contributed by atoms with Crippen molar-refractivity contribution in [2.45, 2.75) is 252 Å². The second-order valence-corrected chi connectivity index (χ2v) is 21.7. The molecule has 350 valence electrons. The van der Waals surface area contributed by atoms with E-state index in [1.54, 1.807) is 0 Å². The van der Waals surface area contributed by atoms with Gasteiger partial charge in [-0.3, -0.25) is 0 Å². The van der Waals surface area contributed by atoms with E-state index in [-0.39, 0.29) is 0 Å². The topological polar surface area (TPSA) is 3.24 Å². The molecule has 0 aromatic heterocycles. The SMILES string of the molecule is CCCCCCCCCCCCC[N+](C)(C)CCCN(CCC[N+](C)(C)CCCCCCCCCCCCC)CCC[N+](C)(C)CCCCCCCCCCCCC. The molecule has 0 radical (unpaired) electrons. The molecule has 0 fully saturated rings. The molecule has 0 aromatic rings. The van der Waals surface area contributed by atoms with Crippen LogP contribution in [0.2, 0.25) is 0 Å². The maximum atomic E-state index is 2.88. The van der Waals surface area contributed by atoms with Crippen molar-refractivity contribution in [1.29, 1.82) is 0 Å². The molecule has 58 heavy (non-hydrogen) atoms. The van der Waals surface area contributed by atoms with Crippen molar-refractivity contribution in [1.82, 2.24) is 4.90 Å². The zero-order valence-corrected chi connectivity index (χ0v) is 42.6. The highest BCUT2D eigenvalue weighted by atomic mass is 15.3. The highest BCUT2D eigenvalue weighted by molar-refractivity contribution is 4.60. The lowest BCUT2D eigenvalue weighted by molar-refractivity contribution is -0.891. The van der Waals surface area contributed by atoms with Gasteiger partial charge in [-0.2, -0.15) is 0 Å². The molecule has 0 heterocycles. The van der Waals surface area contributed by atoms with Gasteiger partial charge in [-0.15, -0.1) is 0 Å². The Morgan fingerprint density at radius 2 is 0.362 bits per heavy atom. The molecule has 4 nitrogen and oxygen atoms in total. The molecule has 0 unspecified atom stereocenters. The molecular formula is C54H117N4+3. The molecule has 0 aromatic carbocycles. The fourth-order valence-corrected chi connectivity index (χ4v) is 9.45. The average molecular weight is 823 g/mol. The van der Waals surface area contributed by atoms with Gasteiger partial charge >= 0.3 is 0 Å². The minimum Gasteiger partial charge on any atom is -0.328 e. The summed E-state index contributed by atoms with van der Waals surface area (Å²) in [6.45, 7) is 18.9. The Balaban J connectivity index is 4.61. The number of rotatable bonds is 48. The first kappa shape index (κ1) is 57.8. The Kier molecular flexibility index (Phi) is 40.8. The summed E-state index contributed by atoms with van der Waals surface area (Å²) in [7, 11) is 15.0. The minimum atomic E-state index is 1.21. The third-order valence-electron chi connectivity index (χ3n) is 13.8. The first-order valence-corrected chi connectivity index (χ1v) is 27.2. The van der Waals surface area contributed by atoms with Crippen LogP contribution < -0.4 is 0 Å². The molecule has 0 bridgehead atoms. The number of nitrogens with zero attached hydrogens (tertiary/aromatic N) is 4. The monoisotopic (exact) mass is 822 g/mol. The normalized spacial score (nSPS) is 12.7. The van der Waals surface area contributed by atoms with E-state index in [1.807, 2.05) is 0 Å². The lowest BCUT2D eigenvalue weighted by Crippen LogP contribution is -2.45. The van der Waals surface area contributed by atoms with Crippen molar-refractivity contribution in [2.75, 3.05) is 101 Å². The Morgan fingerprint density at radius 1 is 0.207 bits per heavy atom. The second-order valence-electron chi connectivity index (χ2n) is 21.7. The maximum absolute atomic E-state index is 2.88. The van der Waals surface area contributed by atoms with E-state index in [9.17, 15) is 0 Å². The Hall–Kier alpha value is -0.160. The average Bonchev–Trinajstić information content (AvgIpc) is 3.17. The van der Waals surface area contributed by atoms with Gasteiger partial charge in [0.1, 0.15) is 0 Å². The summed E-state index contributed by atoms with van der Waals surface area (Å²) in [6.07, 6.45) is 51.6. The van der Waals surface area contributed by atoms with Gasteiger partial charge in [0.25, 0.3) is 0 Å². The zero-order chi connectivity index (χ0) is 42.9. The summed E-state index contributed by atoms with van der Waals surface area (Å²) in [5.41, 5.74) is 0. The predicted molar refractivity (Wildman–Crippen MR) is 265 cm³/mol. The summed E-state index contributed by atoms with van der Waals surface area (Å²) in [5, 5.41) is 0. The second kappa shape index (κ2) is 40.9. The summed E-state index contributed by atoms with van der Waals surface area (Å²) >= 11 is 0. The van der Waals surface area contributed by atoms with Crippen LogP contribution in [0, 0.1) is 0 Å². The van der Waals surface area contributed by atoms with Crippen LogP contribution in [-0.2, 0) is 0 Å². The van der Waals surface area contributed by atoms with E-state index in [0.717, 1.165) is 0 Å². The third kappa shape index (κ3) is 42.5. The number of unbranched alkanes of at least 4 members (excludes halogenated alkanes) is 30. The standard InChI is InChI=1S/C54H117N4/c1-10-13-16-19-22-25-28-31-34-37-40-49-56(4,5)52-43-46-55(47-44-53-57(6,7)50-41-38-35-32-29-26-23-20-17-14-11-2)48-45-54-58(8,9)51-42-39-36-33-30-27-24-21-18-15-12-3/h10-54H2,1-9H3/q+3. The lowest BCUT2D eigenvalue weighted by atomic mass is 10.1. The van der Waals surface area contributed by atoms with Crippen molar-refractivity contribution >= 4 is 0 Å². The first-order chi connectivity index (χ1) is 28.0. The van der Waals surface area contributed by atoms with Gasteiger partial charge in [-0.05, 0) is 38.5 Å². The summed E-state index contributed by atoms with van der Waals surface area (Å²) < 4.78 is 3.62. The molecule has 0 N–H and O–H groups in total. The molecule has 0 atom stereocenters. The molecule has 0 saturated heterocycles. The van der Waals surface area contributed by atoms with E-state index in [2.05, 4.69) is 68.0 Å². The van der Waals surface area contributed by atoms with Crippen LogP contribution in [0.3, 0.4) is 0 Å². The van der Waals surface area contributed by atoms with Crippen LogP contribution in [0.5, 0.6) is 0 Å². The highest BCUT2D eigenvalue weighted by Crippen LogP contribution is 2.16. The van der Waals surface area contributed by atoms with Crippen molar-refractivity contribution in [2.24, 2.45) is 0 Å². The molecule has 0 aliphatic carbocycles. The number of hydrogen-bond acceptors (Lipinski definition) is 1. The van der Waals surface area contributed by atoms with Gasteiger partial charge in [-0.25, -0.2) is 0 Å². The summed E-state index contributed by atoms with van der Waals surface area (Å²) in [4.78, 5) is 2.88. The van der Waals surface area contributed by atoms with Crippen molar-refractivity contribution < 1.29 is 13.4 Å². The van der Waals surface area contributed by atoms with Gasteiger partial charge in [0.05, 0.1) is 81.6 Å². The summed E-state index contributed by atoms with van der Waals surface area (Å²) in [6, 6.07) is 0. The minimum absolute atomic E-state index is 1.21. The van der Waals surface area contributed by atoms with Gasteiger partial charge in [0, 0.05) is 38.9 Å². The van der Waals surface area contributed by atoms with Crippen molar-refractivity contribution in [3.8, 4) is 0 Å². The number of quaternary nitrogens is 3. The van der Waals surface area contributed by atoms with Gasteiger partial charge < -0.3 is 18.3 Å². The number of hydrogen-bond donors (Lipinski definition) is 0. The molecule has 0 spiro atoms. The van der Waals surface area contributed by atoms with E-state index in [4.69, 9.17) is 0 Å². The maximum Gasteiger partial charge on any atom is 0.0794 e. The fraction of sp³-hybridized carbons (Fsp3) is 1.00. The summed E-state index contributed by atoms with van der Waals surface area (Å²) in [5.74, 6) is 0. The van der Waals surface area contributed by atoms with E-state index >= 15 is 0 Å². The van der Waals surface area contributed by atoms with E-state index in [0.29, 0.717) is 0 Å². The third-order valence-corrected chi connectivity index (χ3v) is 13.8. The largest absolute Gasteiger partial charge is 0.328 e. The van der Waals surface area contributed by atoms with Crippen LogP contribution >= 0.6 is 0 Å². The molecule has 0 aliphatic rings. The molecule has 0 aliphatic heterocycles. The van der Waals surface area contributed by atoms with Crippen molar-refractivity contribution in [3.05, 3.63) is 0 Å². The van der Waals surface area contributed by atoms with Gasteiger partial charge in [-0.1, -0.05) is 194 Å². The van der Waals surface area contributed by atoms with E-state index in [1.165, 1.54) is 304 Å². The van der Waals surface area contributed by atoms with Crippen LogP contribution in [-0.4, -0.2) is 120 Å². The molecule has 0 amide bonds. The molecule has 4 heteroatoms. The van der Waals surface area contributed by atoms with E-state index < -0.39 is 0 Å². The fourth-order valence-electron chi connectivity index (χ4n) is 9.45. The first-order valence-electron chi connectivity index (χ1n) is 27.2. The van der Waals surface area contributed by atoms with Crippen molar-refractivity contribution in [3.63, 3.8) is 0 Å². The Morgan fingerprint density at radius 3 is 0.552 bits per heavy atom. The van der Waals surface area contributed by atoms with Gasteiger partial charge in [0.2, 0.25) is 0 Å².